The lowest BCUT2D eigenvalue weighted by Gasteiger charge is -2.04. The maximum atomic E-state index is 12.1. The number of hydrogen-bond acceptors (Lipinski definition) is 5. The van der Waals surface area contributed by atoms with Crippen LogP contribution < -0.4 is 5.43 Å². The Labute approximate surface area is 138 Å². The van der Waals surface area contributed by atoms with Gasteiger partial charge in [-0.2, -0.15) is 20.5 Å². The molecule has 1 heterocycles. The van der Waals surface area contributed by atoms with Crippen molar-refractivity contribution in [2.45, 2.75) is 6.61 Å². The van der Waals surface area contributed by atoms with Crippen molar-refractivity contribution in [3.8, 4) is 11.3 Å². The number of benzene rings is 2. The molecule has 0 aliphatic rings. The summed E-state index contributed by atoms with van der Waals surface area (Å²) in [5.41, 5.74) is 5.39. The first-order valence-electron chi connectivity index (χ1n) is 7.28. The highest BCUT2D eigenvalue weighted by Gasteiger charge is 2.10. The average molecular weight is 321 g/mol. The van der Waals surface area contributed by atoms with E-state index in [1.165, 1.54) is 6.21 Å². The van der Waals surface area contributed by atoms with E-state index >= 15 is 0 Å². The molecule has 7 heteroatoms. The van der Waals surface area contributed by atoms with E-state index in [1.54, 1.807) is 24.3 Å². The fourth-order valence-electron chi connectivity index (χ4n) is 2.23. The van der Waals surface area contributed by atoms with Crippen molar-refractivity contribution < 1.29 is 9.90 Å². The molecule has 0 bridgehead atoms. The SMILES string of the molecule is O=C(N/N=C/c1n[nH]nc1-c1ccccc1)c1ccccc1CO. The van der Waals surface area contributed by atoms with Gasteiger partial charge in [-0.15, -0.1) is 0 Å². The monoisotopic (exact) mass is 321 g/mol. The summed E-state index contributed by atoms with van der Waals surface area (Å²) in [5, 5.41) is 23.9. The number of hydrogen-bond donors (Lipinski definition) is 3. The number of carbonyl (C=O) groups excluding carboxylic acids is 1. The van der Waals surface area contributed by atoms with E-state index in [0.29, 0.717) is 22.5 Å². The topological polar surface area (TPSA) is 103 Å². The highest BCUT2D eigenvalue weighted by Crippen LogP contribution is 2.17. The highest BCUT2D eigenvalue weighted by atomic mass is 16.3. The van der Waals surface area contributed by atoms with Crippen molar-refractivity contribution in [3.05, 3.63) is 71.4 Å². The molecule has 120 valence electrons. The molecule has 3 rings (SSSR count). The smallest absolute Gasteiger partial charge is 0.271 e. The Morgan fingerprint density at radius 3 is 2.67 bits per heavy atom. The van der Waals surface area contributed by atoms with Crippen LogP contribution in [0.3, 0.4) is 0 Å². The lowest BCUT2D eigenvalue weighted by molar-refractivity contribution is 0.0952. The lowest BCUT2D eigenvalue weighted by atomic mass is 10.1. The lowest BCUT2D eigenvalue weighted by Crippen LogP contribution is -2.19. The highest BCUT2D eigenvalue weighted by molar-refractivity contribution is 5.96. The maximum Gasteiger partial charge on any atom is 0.271 e. The minimum atomic E-state index is -0.402. The van der Waals surface area contributed by atoms with E-state index in [1.807, 2.05) is 30.3 Å². The number of aliphatic hydroxyl groups is 1. The first kappa shape index (κ1) is 15.6. The molecule has 0 saturated carbocycles. The summed E-state index contributed by atoms with van der Waals surface area (Å²) in [6.07, 6.45) is 1.42. The van der Waals surface area contributed by atoms with Crippen LogP contribution in [-0.2, 0) is 6.61 Å². The van der Waals surface area contributed by atoms with Crippen LogP contribution in [0.25, 0.3) is 11.3 Å². The van der Waals surface area contributed by atoms with Gasteiger partial charge in [0.1, 0.15) is 11.4 Å². The largest absolute Gasteiger partial charge is 0.392 e. The van der Waals surface area contributed by atoms with Gasteiger partial charge in [0.25, 0.3) is 5.91 Å². The Hall–Kier alpha value is -3.32. The molecule has 0 fully saturated rings. The van der Waals surface area contributed by atoms with E-state index < -0.39 is 5.91 Å². The Balaban J connectivity index is 1.74. The van der Waals surface area contributed by atoms with Crippen LogP contribution in [0.15, 0.2) is 59.7 Å². The third-order valence-corrected chi connectivity index (χ3v) is 3.41. The molecular weight excluding hydrogens is 306 g/mol. The van der Waals surface area contributed by atoms with Gasteiger partial charge < -0.3 is 5.11 Å². The second-order valence-electron chi connectivity index (χ2n) is 4.94. The van der Waals surface area contributed by atoms with Gasteiger partial charge in [0.05, 0.1) is 12.8 Å². The predicted octanol–water partition coefficient (Wildman–Crippen LogP) is 1.73. The standard InChI is InChI=1S/C17H15N5O2/c23-11-13-8-4-5-9-14(13)17(24)21-18-10-15-16(20-22-19-15)12-6-2-1-3-7-12/h1-10,23H,11H2,(H,21,24)(H,19,20,22)/b18-10+. The number of amides is 1. The first-order chi connectivity index (χ1) is 11.8. The molecule has 1 amide bonds. The minimum absolute atomic E-state index is 0.214. The Kier molecular flexibility index (Phi) is 4.73. The van der Waals surface area contributed by atoms with Gasteiger partial charge in [-0.1, -0.05) is 48.5 Å². The van der Waals surface area contributed by atoms with Gasteiger partial charge in [-0.05, 0) is 11.6 Å². The van der Waals surface area contributed by atoms with Crippen molar-refractivity contribution in [2.24, 2.45) is 5.10 Å². The summed E-state index contributed by atoms with van der Waals surface area (Å²) in [6.45, 7) is -0.214. The summed E-state index contributed by atoms with van der Waals surface area (Å²) in [5.74, 6) is -0.402. The molecule has 0 unspecified atom stereocenters. The van der Waals surface area contributed by atoms with Gasteiger partial charge in [0, 0.05) is 11.1 Å². The molecule has 7 nitrogen and oxygen atoms in total. The summed E-state index contributed by atoms with van der Waals surface area (Å²) in [4.78, 5) is 12.1. The number of H-pyrrole nitrogens is 1. The summed E-state index contributed by atoms with van der Waals surface area (Å²) >= 11 is 0. The summed E-state index contributed by atoms with van der Waals surface area (Å²) < 4.78 is 0. The van der Waals surface area contributed by atoms with Gasteiger partial charge in [0.15, 0.2) is 0 Å². The fraction of sp³-hybridized carbons (Fsp3) is 0.0588. The maximum absolute atomic E-state index is 12.1. The van der Waals surface area contributed by atoms with Crippen LogP contribution in [0.5, 0.6) is 0 Å². The zero-order valence-electron chi connectivity index (χ0n) is 12.7. The van der Waals surface area contributed by atoms with Gasteiger partial charge in [-0.3, -0.25) is 4.79 Å². The van der Waals surface area contributed by atoms with E-state index in [2.05, 4.69) is 25.9 Å². The Morgan fingerprint density at radius 1 is 1.12 bits per heavy atom. The van der Waals surface area contributed by atoms with Crippen LogP contribution in [0.2, 0.25) is 0 Å². The van der Waals surface area contributed by atoms with Gasteiger partial charge >= 0.3 is 0 Å². The minimum Gasteiger partial charge on any atom is -0.392 e. The van der Waals surface area contributed by atoms with Gasteiger partial charge in [0.2, 0.25) is 0 Å². The average Bonchev–Trinajstić information content (AvgIpc) is 3.11. The van der Waals surface area contributed by atoms with E-state index in [9.17, 15) is 9.90 Å². The molecule has 1 aromatic heterocycles. The Bertz CT molecular complexity index is 858. The van der Waals surface area contributed by atoms with Crippen molar-refractivity contribution >= 4 is 12.1 Å². The molecule has 0 atom stereocenters. The number of hydrazone groups is 1. The van der Waals surface area contributed by atoms with Crippen molar-refractivity contribution in [2.75, 3.05) is 0 Å². The molecule has 0 saturated heterocycles. The number of carbonyl (C=O) groups is 1. The number of aromatic amines is 1. The normalized spacial score (nSPS) is 10.9. The quantitative estimate of drug-likeness (QED) is 0.492. The second-order valence-corrected chi connectivity index (χ2v) is 4.94. The fourth-order valence-corrected chi connectivity index (χ4v) is 2.23. The number of nitrogens with one attached hydrogen (secondary N) is 2. The van der Waals surface area contributed by atoms with E-state index in [4.69, 9.17) is 0 Å². The van der Waals surface area contributed by atoms with Crippen molar-refractivity contribution in [3.63, 3.8) is 0 Å². The number of aliphatic hydroxyl groups excluding tert-OH is 1. The zero-order chi connectivity index (χ0) is 16.8. The van der Waals surface area contributed by atoms with Crippen molar-refractivity contribution in [1.82, 2.24) is 20.8 Å². The molecule has 2 aromatic carbocycles. The number of aromatic nitrogens is 3. The molecule has 3 N–H and O–H groups in total. The van der Waals surface area contributed by atoms with Crippen LogP contribution >= 0.6 is 0 Å². The third kappa shape index (κ3) is 3.36. The van der Waals surface area contributed by atoms with Crippen LogP contribution in [0, 0.1) is 0 Å². The first-order valence-corrected chi connectivity index (χ1v) is 7.28. The molecule has 0 spiro atoms. The molecule has 0 aliphatic heterocycles. The summed E-state index contributed by atoms with van der Waals surface area (Å²) in [6, 6.07) is 16.3. The van der Waals surface area contributed by atoms with Crippen LogP contribution in [0.4, 0.5) is 0 Å². The van der Waals surface area contributed by atoms with Crippen LogP contribution in [0.1, 0.15) is 21.6 Å². The molecular formula is C17H15N5O2. The number of nitrogens with zero attached hydrogens (tertiary/aromatic N) is 3. The molecule has 0 radical (unpaired) electrons. The third-order valence-electron chi connectivity index (χ3n) is 3.41. The number of rotatable bonds is 5. The van der Waals surface area contributed by atoms with Crippen molar-refractivity contribution in [1.29, 1.82) is 0 Å². The van der Waals surface area contributed by atoms with E-state index in [-0.39, 0.29) is 6.61 Å². The van der Waals surface area contributed by atoms with E-state index in [0.717, 1.165) is 5.56 Å². The van der Waals surface area contributed by atoms with Gasteiger partial charge in [-0.25, -0.2) is 5.43 Å². The predicted molar refractivity (Wildman–Crippen MR) is 89.2 cm³/mol. The summed E-state index contributed by atoms with van der Waals surface area (Å²) in [7, 11) is 0. The zero-order valence-corrected chi connectivity index (χ0v) is 12.7. The van der Waals surface area contributed by atoms with Crippen LogP contribution in [-0.4, -0.2) is 32.6 Å². The molecule has 0 aliphatic carbocycles. The second kappa shape index (κ2) is 7.30. The Morgan fingerprint density at radius 2 is 1.88 bits per heavy atom. The molecule has 24 heavy (non-hydrogen) atoms. The molecule has 3 aromatic rings.